The third-order valence-electron chi connectivity index (χ3n) is 3.37. The number of benzene rings is 1. The van der Waals surface area contributed by atoms with Crippen molar-refractivity contribution < 1.29 is 13.2 Å². The van der Waals surface area contributed by atoms with Crippen LogP contribution in [0.25, 0.3) is 6.08 Å². The van der Waals surface area contributed by atoms with Crippen LogP contribution in [0.5, 0.6) is 0 Å². The van der Waals surface area contributed by atoms with Gasteiger partial charge in [-0.05, 0) is 30.7 Å². The number of pyridine rings is 1. The van der Waals surface area contributed by atoms with E-state index in [9.17, 15) is 13.2 Å². The highest BCUT2D eigenvalue weighted by Gasteiger charge is 2.07. The van der Waals surface area contributed by atoms with E-state index in [1.54, 1.807) is 18.3 Å². The standard InChI is InChI=1S/C18H21N3O3S/c1-15-5-7-16(8-6-15)10-13-25(23,24)21-12-9-18(22)20-14-17-4-2-3-11-19-17/h2-8,10-11,13,21H,9,12,14H2,1H3,(H,20,22)/b13-10+. The molecule has 2 aromatic rings. The zero-order chi connectivity index (χ0) is 18.1. The molecular formula is C18H21N3O3S. The molecule has 0 atom stereocenters. The zero-order valence-electron chi connectivity index (χ0n) is 14.0. The van der Waals surface area contributed by atoms with Gasteiger partial charge in [-0.1, -0.05) is 35.9 Å². The minimum absolute atomic E-state index is 0.0363. The van der Waals surface area contributed by atoms with E-state index < -0.39 is 10.0 Å². The van der Waals surface area contributed by atoms with Gasteiger partial charge in [-0.2, -0.15) is 0 Å². The number of aromatic nitrogens is 1. The van der Waals surface area contributed by atoms with Crippen LogP contribution >= 0.6 is 0 Å². The van der Waals surface area contributed by atoms with E-state index in [0.29, 0.717) is 6.54 Å². The summed E-state index contributed by atoms with van der Waals surface area (Å²) in [5.74, 6) is -0.240. The lowest BCUT2D eigenvalue weighted by Gasteiger charge is -2.05. The van der Waals surface area contributed by atoms with E-state index in [1.165, 1.54) is 6.08 Å². The minimum Gasteiger partial charge on any atom is -0.350 e. The van der Waals surface area contributed by atoms with Gasteiger partial charge in [0, 0.05) is 24.6 Å². The Morgan fingerprint density at radius 3 is 2.60 bits per heavy atom. The smallest absolute Gasteiger partial charge is 0.233 e. The summed E-state index contributed by atoms with van der Waals surface area (Å²) in [5.41, 5.74) is 2.65. The molecule has 0 aliphatic carbocycles. The third kappa shape index (κ3) is 7.28. The first-order chi connectivity index (χ1) is 11.9. The van der Waals surface area contributed by atoms with Gasteiger partial charge in [0.25, 0.3) is 0 Å². The Balaban J connectivity index is 1.74. The molecule has 7 heteroatoms. The first kappa shape index (κ1) is 18.8. The normalized spacial score (nSPS) is 11.6. The molecule has 0 fully saturated rings. The van der Waals surface area contributed by atoms with Gasteiger partial charge in [0.15, 0.2) is 0 Å². The van der Waals surface area contributed by atoms with Crippen molar-refractivity contribution in [3.8, 4) is 0 Å². The quantitative estimate of drug-likeness (QED) is 0.754. The van der Waals surface area contributed by atoms with Gasteiger partial charge < -0.3 is 5.32 Å². The van der Waals surface area contributed by atoms with Crippen molar-refractivity contribution >= 4 is 22.0 Å². The first-order valence-corrected chi connectivity index (χ1v) is 9.40. The molecule has 0 spiro atoms. The molecule has 132 valence electrons. The van der Waals surface area contributed by atoms with E-state index in [2.05, 4.69) is 15.0 Å². The lowest BCUT2D eigenvalue weighted by atomic mass is 10.2. The Hall–Kier alpha value is -2.51. The van der Waals surface area contributed by atoms with Crippen molar-refractivity contribution in [2.75, 3.05) is 6.54 Å². The molecule has 0 saturated heterocycles. The summed E-state index contributed by atoms with van der Waals surface area (Å²) in [6.07, 6.45) is 3.23. The third-order valence-corrected chi connectivity index (χ3v) is 4.47. The van der Waals surface area contributed by atoms with Gasteiger partial charge in [-0.25, -0.2) is 13.1 Å². The molecule has 0 saturated carbocycles. The summed E-state index contributed by atoms with van der Waals surface area (Å²) in [4.78, 5) is 15.8. The van der Waals surface area contributed by atoms with Crippen molar-refractivity contribution in [1.82, 2.24) is 15.0 Å². The Morgan fingerprint density at radius 1 is 1.16 bits per heavy atom. The van der Waals surface area contributed by atoms with Crippen molar-refractivity contribution in [2.45, 2.75) is 19.9 Å². The number of carbonyl (C=O) groups is 1. The molecule has 1 amide bonds. The van der Waals surface area contributed by atoms with Gasteiger partial charge in [-0.15, -0.1) is 0 Å². The summed E-state index contributed by atoms with van der Waals surface area (Å²) < 4.78 is 26.2. The number of nitrogens with one attached hydrogen (secondary N) is 2. The second-order valence-electron chi connectivity index (χ2n) is 5.50. The Bertz CT molecular complexity index is 816. The maximum absolute atomic E-state index is 11.9. The molecule has 2 rings (SSSR count). The van der Waals surface area contributed by atoms with Crippen LogP contribution in [0.15, 0.2) is 54.1 Å². The Labute approximate surface area is 148 Å². The van der Waals surface area contributed by atoms with E-state index in [1.807, 2.05) is 37.3 Å². The van der Waals surface area contributed by atoms with E-state index >= 15 is 0 Å². The molecule has 1 heterocycles. The molecule has 6 nitrogen and oxygen atoms in total. The van der Waals surface area contributed by atoms with Crippen molar-refractivity contribution in [3.05, 3.63) is 70.9 Å². The van der Waals surface area contributed by atoms with Crippen molar-refractivity contribution in [2.24, 2.45) is 0 Å². The molecule has 2 N–H and O–H groups in total. The second-order valence-corrected chi connectivity index (χ2v) is 7.15. The zero-order valence-corrected chi connectivity index (χ0v) is 14.8. The van der Waals surface area contributed by atoms with E-state index in [-0.39, 0.29) is 18.9 Å². The van der Waals surface area contributed by atoms with Gasteiger partial charge in [0.05, 0.1) is 12.2 Å². The predicted octanol–water partition coefficient (Wildman–Crippen LogP) is 1.99. The van der Waals surface area contributed by atoms with E-state index in [4.69, 9.17) is 0 Å². The SMILES string of the molecule is Cc1ccc(/C=C/S(=O)(=O)NCCC(=O)NCc2ccccn2)cc1. The maximum atomic E-state index is 11.9. The number of aryl methyl sites for hydroxylation is 1. The lowest BCUT2D eigenvalue weighted by Crippen LogP contribution is -2.29. The minimum atomic E-state index is -3.58. The van der Waals surface area contributed by atoms with Crippen LogP contribution in [0, 0.1) is 6.92 Å². The molecule has 0 aliphatic rings. The number of amides is 1. The van der Waals surface area contributed by atoms with Crippen LogP contribution < -0.4 is 10.0 Å². The van der Waals surface area contributed by atoms with Crippen LogP contribution in [-0.2, 0) is 21.4 Å². The fourth-order valence-corrected chi connectivity index (χ4v) is 2.80. The second kappa shape index (κ2) is 9.10. The average molecular weight is 359 g/mol. The van der Waals surface area contributed by atoms with Crippen LogP contribution in [0.2, 0.25) is 0 Å². The fourth-order valence-electron chi connectivity index (χ4n) is 1.98. The molecule has 0 radical (unpaired) electrons. The van der Waals surface area contributed by atoms with Gasteiger partial charge in [0.2, 0.25) is 15.9 Å². The Kier molecular flexibility index (Phi) is 6.85. The fraction of sp³-hybridized carbons (Fsp3) is 0.222. The number of rotatable bonds is 8. The largest absolute Gasteiger partial charge is 0.350 e. The van der Waals surface area contributed by atoms with Gasteiger partial charge >= 0.3 is 0 Å². The summed E-state index contributed by atoms with van der Waals surface area (Å²) in [6, 6.07) is 12.9. The molecule has 25 heavy (non-hydrogen) atoms. The number of hydrogen-bond acceptors (Lipinski definition) is 4. The van der Waals surface area contributed by atoms with Gasteiger partial charge in [-0.3, -0.25) is 9.78 Å². The topological polar surface area (TPSA) is 88.2 Å². The average Bonchev–Trinajstić information content (AvgIpc) is 2.60. The molecule has 1 aromatic carbocycles. The number of nitrogens with zero attached hydrogens (tertiary/aromatic N) is 1. The first-order valence-electron chi connectivity index (χ1n) is 7.86. The monoisotopic (exact) mass is 359 g/mol. The number of sulfonamides is 1. The molecule has 0 bridgehead atoms. The Morgan fingerprint density at radius 2 is 1.92 bits per heavy atom. The lowest BCUT2D eigenvalue weighted by molar-refractivity contribution is -0.121. The van der Waals surface area contributed by atoms with E-state index in [0.717, 1.165) is 22.2 Å². The summed E-state index contributed by atoms with van der Waals surface area (Å²) in [5, 5.41) is 3.79. The van der Waals surface area contributed by atoms with Crippen LogP contribution in [-0.4, -0.2) is 25.9 Å². The summed E-state index contributed by atoms with van der Waals surface area (Å²) in [7, 11) is -3.58. The highest BCUT2D eigenvalue weighted by Crippen LogP contribution is 2.06. The number of carbonyl (C=O) groups excluding carboxylic acids is 1. The van der Waals surface area contributed by atoms with Crippen LogP contribution in [0.3, 0.4) is 0 Å². The molecular weight excluding hydrogens is 338 g/mol. The molecule has 0 aliphatic heterocycles. The van der Waals surface area contributed by atoms with Crippen LogP contribution in [0.4, 0.5) is 0 Å². The predicted molar refractivity (Wildman–Crippen MR) is 97.8 cm³/mol. The van der Waals surface area contributed by atoms with Crippen molar-refractivity contribution in [1.29, 1.82) is 0 Å². The van der Waals surface area contributed by atoms with Crippen molar-refractivity contribution in [3.63, 3.8) is 0 Å². The van der Waals surface area contributed by atoms with Crippen LogP contribution in [0.1, 0.15) is 23.2 Å². The van der Waals surface area contributed by atoms with Gasteiger partial charge in [0.1, 0.15) is 0 Å². The number of hydrogen-bond donors (Lipinski definition) is 2. The summed E-state index contributed by atoms with van der Waals surface area (Å²) >= 11 is 0. The highest BCUT2D eigenvalue weighted by molar-refractivity contribution is 7.92. The molecule has 1 aromatic heterocycles. The maximum Gasteiger partial charge on any atom is 0.233 e. The molecule has 0 unspecified atom stereocenters. The summed E-state index contributed by atoms with van der Waals surface area (Å²) in [6.45, 7) is 2.32. The highest BCUT2D eigenvalue weighted by atomic mass is 32.2.